The van der Waals surface area contributed by atoms with Crippen molar-refractivity contribution in [3.05, 3.63) is 35.9 Å². The lowest BCUT2D eigenvalue weighted by Gasteiger charge is -2.36. The topological polar surface area (TPSA) is 108 Å². The first kappa shape index (κ1) is 23.7. The van der Waals surface area contributed by atoms with Crippen LogP contribution in [0.2, 0.25) is 0 Å². The van der Waals surface area contributed by atoms with E-state index in [0.29, 0.717) is 25.9 Å². The Bertz CT molecular complexity index is 909. The number of nitrogens with zero attached hydrogens (tertiary/aromatic N) is 1. The molecule has 3 aliphatic rings. The third-order valence-electron chi connectivity index (χ3n) is 7.76. The summed E-state index contributed by atoms with van der Waals surface area (Å²) >= 11 is 0. The van der Waals surface area contributed by atoms with Crippen LogP contribution in [0.15, 0.2) is 30.3 Å². The number of carbonyl (C=O) groups is 3. The van der Waals surface area contributed by atoms with Crippen LogP contribution in [0, 0.1) is 17.8 Å². The van der Waals surface area contributed by atoms with Crippen molar-refractivity contribution in [3.8, 4) is 0 Å². The fourth-order valence-electron chi connectivity index (χ4n) is 6.16. The molecule has 3 heterocycles. The Kier molecular flexibility index (Phi) is 6.51. The number of carbonyl (C=O) groups excluding carboxylic acids is 3. The fourth-order valence-corrected chi connectivity index (χ4v) is 6.16. The van der Waals surface area contributed by atoms with Crippen LogP contribution in [0.4, 0.5) is 0 Å². The zero-order chi connectivity index (χ0) is 23.8. The number of hydrogen-bond donors (Lipinski definition) is 3. The number of likely N-dealkylation sites (tertiary alicyclic amines) is 1. The fraction of sp³-hybridized carbons (Fsp3) is 0.640. The van der Waals surface area contributed by atoms with Gasteiger partial charge < -0.3 is 25.4 Å². The minimum atomic E-state index is -1.05. The van der Waals surface area contributed by atoms with Crippen LogP contribution in [-0.4, -0.2) is 64.7 Å². The van der Waals surface area contributed by atoms with Crippen molar-refractivity contribution < 1.29 is 24.2 Å². The maximum absolute atomic E-state index is 13.7. The van der Waals surface area contributed by atoms with Gasteiger partial charge in [-0.1, -0.05) is 44.2 Å². The average Bonchev–Trinajstić information content (AvgIpc) is 3.32. The highest BCUT2D eigenvalue weighted by Gasteiger charge is 2.79. The smallest absolute Gasteiger partial charge is 0.246 e. The molecule has 3 unspecified atom stereocenters. The van der Waals surface area contributed by atoms with E-state index in [-0.39, 0.29) is 36.8 Å². The summed E-state index contributed by atoms with van der Waals surface area (Å²) in [7, 11) is 0. The molecule has 3 saturated heterocycles. The summed E-state index contributed by atoms with van der Waals surface area (Å²) in [4.78, 5) is 42.1. The standard InChI is InChI=1S/C25H35N3O5/c1-4-11-26-21(30)18-19-23(32)28(12-8-13-29)20(25(19)14-16(2)24(18,3)33-25)22(31)27-15-17-9-6-5-7-10-17/h5-7,9-10,16,18-20,29H,4,8,11-15H2,1-3H3,(H,26,30)(H,27,31)/t16?,18-,19+,20?,24+,25?/m1/s1. The van der Waals surface area contributed by atoms with E-state index >= 15 is 0 Å². The third-order valence-corrected chi connectivity index (χ3v) is 7.76. The van der Waals surface area contributed by atoms with Gasteiger partial charge in [0.25, 0.3) is 0 Å². The Morgan fingerprint density at radius 1 is 1.21 bits per heavy atom. The second kappa shape index (κ2) is 9.06. The molecule has 6 atom stereocenters. The first-order chi connectivity index (χ1) is 15.8. The van der Waals surface area contributed by atoms with Gasteiger partial charge in [0.2, 0.25) is 17.7 Å². The van der Waals surface area contributed by atoms with Gasteiger partial charge in [-0.05, 0) is 37.7 Å². The number of nitrogens with one attached hydrogen (secondary N) is 2. The molecule has 3 amide bonds. The zero-order valence-corrected chi connectivity index (χ0v) is 19.7. The van der Waals surface area contributed by atoms with Crippen LogP contribution >= 0.6 is 0 Å². The number of hydrogen-bond acceptors (Lipinski definition) is 5. The minimum absolute atomic E-state index is 0.0149. The van der Waals surface area contributed by atoms with Crippen LogP contribution in [0.1, 0.15) is 45.6 Å². The normalized spacial score (nSPS) is 34.4. The van der Waals surface area contributed by atoms with Gasteiger partial charge in [-0.2, -0.15) is 0 Å². The van der Waals surface area contributed by atoms with Gasteiger partial charge in [-0.25, -0.2) is 0 Å². The molecule has 1 spiro atoms. The Labute approximate surface area is 195 Å². The maximum atomic E-state index is 13.7. The molecule has 8 nitrogen and oxygen atoms in total. The van der Waals surface area contributed by atoms with Gasteiger partial charge in [0, 0.05) is 26.2 Å². The summed E-state index contributed by atoms with van der Waals surface area (Å²) in [6, 6.07) is 8.76. The van der Waals surface area contributed by atoms with Crippen molar-refractivity contribution in [2.75, 3.05) is 19.7 Å². The summed E-state index contributed by atoms with van der Waals surface area (Å²) < 4.78 is 6.62. The van der Waals surface area contributed by atoms with E-state index in [4.69, 9.17) is 4.74 Å². The summed E-state index contributed by atoms with van der Waals surface area (Å²) in [5.41, 5.74) is -0.894. The van der Waals surface area contributed by atoms with Crippen molar-refractivity contribution in [2.45, 2.75) is 63.8 Å². The highest BCUT2D eigenvalue weighted by Crippen LogP contribution is 2.65. The predicted octanol–water partition coefficient (Wildman–Crippen LogP) is 1.22. The molecule has 4 rings (SSSR count). The second-order valence-electron chi connectivity index (χ2n) is 9.81. The maximum Gasteiger partial charge on any atom is 0.246 e. The van der Waals surface area contributed by atoms with E-state index in [2.05, 4.69) is 10.6 Å². The summed E-state index contributed by atoms with van der Waals surface area (Å²) in [5.74, 6) is -2.03. The highest BCUT2D eigenvalue weighted by molar-refractivity contribution is 5.99. The molecule has 8 heteroatoms. The van der Waals surface area contributed by atoms with Gasteiger partial charge in [0.1, 0.15) is 11.6 Å². The molecule has 3 fully saturated rings. The Hall–Kier alpha value is -2.45. The molecule has 3 N–H and O–H groups in total. The molecular weight excluding hydrogens is 422 g/mol. The van der Waals surface area contributed by atoms with E-state index in [9.17, 15) is 19.5 Å². The number of aliphatic hydroxyl groups is 1. The van der Waals surface area contributed by atoms with Crippen molar-refractivity contribution in [1.29, 1.82) is 0 Å². The lowest BCUT2D eigenvalue weighted by atomic mass is 9.62. The number of aliphatic hydroxyl groups excluding tert-OH is 1. The van der Waals surface area contributed by atoms with E-state index in [1.165, 1.54) is 0 Å². The molecule has 0 radical (unpaired) electrons. The van der Waals surface area contributed by atoms with Gasteiger partial charge in [-0.3, -0.25) is 14.4 Å². The zero-order valence-electron chi connectivity index (χ0n) is 19.7. The number of ether oxygens (including phenoxy) is 1. The molecule has 0 aliphatic carbocycles. The van der Waals surface area contributed by atoms with E-state index < -0.39 is 29.1 Å². The second-order valence-corrected chi connectivity index (χ2v) is 9.81. The molecule has 33 heavy (non-hydrogen) atoms. The lowest BCUT2D eigenvalue weighted by molar-refractivity contribution is -0.147. The molecule has 0 saturated carbocycles. The van der Waals surface area contributed by atoms with Crippen molar-refractivity contribution >= 4 is 17.7 Å². The first-order valence-electron chi connectivity index (χ1n) is 12.0. The van der Waals surface area contributed by atoms with Crippen LogP contribution < -0.4 is 10.6 Å². The molecule has 180 valence electrons. The molecule has 2 bridgehead atoms. The Morgan fingerprint density at radius 2 is 1.94 bits per heavy atom. The van der Waals surface area contributed by atoms with Crippen molar-refractivity contribution in [1.82, 2.24) is 15.5 Å². The summed E-state index contributed by atoms with van der Waals surface area (Å²) in [5, 5.41) is 15.4. The largest absolute Gasteiger partial charge is 0.396 e. The molecular formula is C25H35N3O5. The van der Waals surface area contributed by atoms with Crippen LogP contribution in [-0.2, 0) is 25.7 Å². The SMILES string of the molecule is CCCNC(=O)[C@H]1[C@H]2C(=O)N(CCCO)C(C(=O)NCc3ccccc3)C23CC(C)[C@]1(C)O3. The molecule has 0 aromatic heterocycles. The van der Waals surface area contributed by atoms with Crippen molar-refractivity contribution in [2.24, 2.45) is 17.8 Å². The summed E-state index contributed by atoms with van der Waals surface area (Å²) in [6.07, 6.45) is 1.69. The van der Waals surface area contributed by atoms with Gasteiger partial charge in [0.15, 0.2) is 0 Å². The average molecular weight is 458 g/mol. The highest BCUT2D eigenvalue weighted by atomic mass is 16.5. The van der Waals surface area contributed by atoms with E-state index in [1.54, 1.807) is 4.90 Å². The van der Waals surface area contributed by atoms with E-state index in [1.807, 2.05) is 51.1 Å². The first-order valence-corrected chi connectivity index (χ1v) is 12.0. The van der Waals surface area contributed by atoms with Gasteiger partial charge >= 0.3 is 0 Å². The number of benzene rings is 1. The van der Waals surface area contributed by atoms with E-state index in [0.717, 1.165) is 12.0 Å². The van der Waals surface area contributed by atoms with Crippen LogP contribution in [0.25, 0.3) is 0 Å². The third kappa shape index (κ3) is 3.73. The number of rotatable bonds is 9. The predicted molar refractivity (Wildman–Crippen MR) is 122 cm³/mol. The minimum Gasteiger partial charge on any atom is -0.396 e. The molecule has 3 aliphatic heterocycles. The van der Waals surface area contributed by atoms with Crippen molar-refractivity contribution in [3.63, 3.8) is 0 Å². The summed E-state index contributed by atoms with van der Waals surface area (Å²) in [6.45, 7) is 6.95. The molecule has 1 aromatic rings. The van der Waals surface area contributed by atoms with Crippen LogP contribution in [0.5, 0.6) is 0 Å². The quantitative estimate of drug-likeness (QED) is 0.517. The van der Waals surface area contributed by atoms with Crippen LogP contribution in [0.3, 0.4) is 0 Å². The van der Waals surface area contributed by atoms with Gasteiger partial charge in [-0.15, -0.1) is 0 Å². The Morgan fingerprint density at radius 3 is 2.61 bits per heavy atom. The Balaban J connectivity index is 1.67. The number of amides is 3. The number of fused-ring (bicyclic) bond motifs is 1. The lowest BCUT2D eigenvalue weighted by Crippen LogP contribution is -2.56. The monoisotopic (exact) mass is 457 g/mol. The van der Waals surface area contributed by atoms with Gasteiger partial charge in [0.05, 0.1) is 17.4 Å². The molecule has 1 aromatic carbocycles.